The second-order valence-electron chi connectivity index (χ2n) is 4.12. The quantitative estimate of drug-likeness (QED) is 0.784. The van der Waals surface area contributed by atoms with Gasteiger partial charge in [-0.05, 0) is 34.1 Å². The van der Waals surface area contributed by atoms with Gasteiger partial charge in [-0.2, -0.15) is 0 Å². The molecule has 1 saturated heterocycles. The molecule has 0 radical (unpaired) electrons. The van der Waals surface area contributed by atoms with Crippen molar-refractivity contribution in [3.63, 3.8) is 0 Å². The van der Waals surface area contributed by atoms with Crippen molar-refractivity contribution in [3.8, 4) is 0 Å². The lowest BCUT2D eigenvalue weighted by molar-refractivity contribution is 0.0324. The molecule has 106 valence electrons. The minimum Gasteiger partial charge on any atom is -0.374 e. The van der Waals surface area contributed by atoms with Gasteiger partial charge in [0.05, 0.1) is 17.6 Å². The Morgan fingerprint density at radius 3 is 2.89 bits per heavy atom. The molecule has 2 N–H and O–H groups in total. The first-order valence-corrected chi connectivity index (χ1v) is 8.83. The summed E-state index contributed by atoms with van der Waals surface area (Å²) in [6, 6.07) is 5.03. The average molecular weight is 414 g/mol. The fourth-order valence-corrected chi connectivity index (χ4v) is 4.28. The maximum absolute atomic E-state index is 12.2. The molecule has 0 aromatic heterocycles. The summed E-state index contributed by atoms with van der Waals surface area (Å²) in [6.07, 6.45) is -0.130. The van der Waals surface area contributed by atoms with Crippen LogP contribution in [0.1, 0.15) is 0 Å². The fraction of sp³-hybridized carbons (Fsp3) is 0.455. The summed E-state index contributed by atoms with van der Waals surface area (Å²) < 4.78 is 33.7. The van der Waals surface area contributed by atoms with Gasteiger partial charge in [0.2, 0.25) is 10.0 Å². The Kier molecular flexibility index (Phi) is 5.38. The number of sulfonamides is 1. The van der Waals surface area contributed by atoms with Crippen molar-refractivity contribution < 1.29 is 13.2 Å². The van der Waals surface area contributed by atoms with Crippen LogP contribution in [0.25, 0.3) is 0 Å². The van der Waals surface area contributed by atoms with Crippen molar-refractivity contribution in [2.45, 2.75) is 11.0 Å². The minimum absolute atomic E-state index is 0.130. The van der Waals surface area contributed by atoms with Gasteiger partial charge in [0.1, 0.15) is 0 Å². The van der Waals surface area contributed by atoms with Crippen LogP contribution in [0.5, 0.6) is 0 Å². The Hall–Kier alpha value is 0.01000. The summed E-state index contributed by atoms with van der Waals surface area (Å²) in [5, 5.41) is 3.15. The van der Waals surface area contributed by atoms with E-state index in [0.717, 1.165) is 6.54 Å². The molecule has 1 heterocycles. The van der Waals surface area contributed by atoms with Crippen LogP contribution < -0.4 is 10.0 Å². The third-order valence-electron chi connectivity index (χ3n) is 2.69. The van der Waals surface area contributed by atoms with Crippen molar-refractivity contribution in [3.05, 3.63) is 27.1 Å². The number of ether oxygens (including phenoxy) is 1. The Morgan fingerprint density at radius 1 is 1.42 bits per heavy atom. The highest BCUT2D eigenvalue weighted by molar-refractivity contribution is 9.11. The zero-order chi connectivity index (χ0) is 13.9. The molecule has 5 nitrogen and oxygen atoms in total. The fourth-order valence-electron chi connectivity index (χ4n) is 1.71. The number of benzene rings is 1. The van der Waals surface area contributed by atoms with E-state index in [1.807, 2.05) is 0 Å². The molecular weight excluding hydrogens is 400 g/mol. The van der Waals surface area contributed by atoms with Gasteiger partial charge >= 0.3 is 0 Å². The van der Waals surface area contributed by atoms with Crippen molar-refractivity contribution in [1.82, 2.24) is 10.0 Å². The standard InChI is InChI=1S/C11H14Br2N2O3S/c12-8-1-2-10(13)11(5-8)19(16,17)15-7-9-6-14-3-4-18-9/h1-2,5,9,14-15H,3-4,6-7H2. The van der Waals surface area contributed by atoms with Crippen LogP contribution in [-0.4, -0.2) is 40.8 Å². The van der Waals surface area contributed by atoms with Gasteiger partial charge in [0, 0.05) is 28.6 Å². The van der Waals surface area contributed by atoms with Crippen molar-refractivity contribution in [2.75, 3.05) is 26.2 Å². The first-order valence-electron chi connectivity index (χ1n) is 5.76. The van der Waals surface area contributed by atoms with Crippen LogP contribution in [0.3, 0.4) is 0 Å². The molecule has 1 atom stereocenters. The summed E-state index contributed by atoms with van der Waals surface area (Å²) >= 11 is 6.52. The van der Waals surface area contributed by atoms with Gasteiger partial charge in [-0.15, -0.1) is 0 Å². The monoisotopic (exact) mass is 412 g/mol. The molecular formula is C11H14Br2N2O3S. The van der Waals surface area contributed by atoms with E-state index in [0.29, 0.717) is 22.1 Å². The zero-order valence-electron chi connectivity index (χ0n) is 10.0. The predicted octanol–water partition coefficient (Wildman–Crippen LogP) is 1.48. The van der Waals surface area contributed by atoms with Crippen LogP contribution in [0.4, 0.5) is 0 Å². The number of nitrogens with one attached hydrogen (secondary N) is 2. The van der Waals surface area contributed by atoms with Crippen LogP contribution >= 0.6 is 31.9 Å². The molecule has 1 aromatic carbocycles. The predicted molar refractivity (Wildman–Crippen MR) is 79.6 cm³/mol. The van der Waals surface area contributed by atoms with Crippen LogP contribution in [0, 0.1) is 0 Å². The SMILES string of the molecule is O=S(=O)(NCC1CNCCO1)c1cc(Br)ccc1Br. The van der Waals surface area contributed by atoms with E-state index in [4.69, 9.17) is 4.74 Å². The average Bonchev–Trinajstić information content (AvgIpc) is 2.40. The van der Waals surface area contributed by atoms with Crippen LogP contribution in [0.15, 0.2) is 32.0 Å². The smallest absolute Gasteiger partial charge is 0.241 e. The van der Waals surface area contributed by atoms with Crippen LogP contribution in [-0.2, 0) is 14.8 Å². The van der Waals surface area contributed by atoms with E-state index in [1.54, 1.807) is 18.2 Å². The molecule has 0 aliphatic carbocycles. The summed E-state index contributed by atoms with van der Waals surface area (Å²) in [6.45, 7) is 2.32. The highest BCUT2D eigenvalue weighted by Gasteiger charge is 2.21. The van der Waals surface area contributed by atoms with E-state index in [-0.39, 0.29) is 17.5 Å². The maximum Gasteiger partial charge on any atom is 0.241 e. The number of halogens is 2. The molecule has 0 amide bonds. The lowest BCUT2D eigenvalue weighted by Gasteiger charge is -2.23. The highest BCUT2D eigenvalue weighted by atomic mass is 79.9. The van der Waals surface area contributed by atoms with E-state index in [1.165, 1.54) is 0 Å². The summed E-state index contributed by atoms with van der Waals surface area (Å²) in [4.78, 5) is 0.214. The molecule has 1 aliphatic heterocycles. The van der Waals surface area contributed by atoms with Gasteiger partial charge in [0.15, 0.2) is 0 Å². The van der Waals surface area contributed by atoms with Gasteiger partial charge in [-0.3, -0.25) is 0 Å². The number of hydrogen-bond donors (Lipinski definition) is 2. The second kappa shape index (κ2) is 6.64. The zero-order valence-corrected chi connectivity index (χ0v) is 14.0. The normalized spacial score (nSPS) is 20.4. The molecule has 0 saturated carbocycles. The van der Waals surface area contributed by atoms with Gasteiger partial charge < -0.3 is 10.1 Å². The Bertz CT molecular complexity index is 545. The lowest BCUT2D eigenvalue weighted by atomic mass is 10.3. The molecule has 1 unspecified atom stereocenters. The van der Waals surface area contributed by atoms with E-state index < -0.39 is 10.0 Å². The Balaban J connectivity index is 2.07. The van der Waals surface area contributed by atoms with Crippen molar-refractivity contribution >= 4 is 41.9 Å². The number of rotatable bonds is 4. The first kappa shape index (κ1) is 15.4. The Labute approximate surface area is 129 Å². The third-order valence-corrected chi connectivity index (χ3v) is 5.60. The molecule has 1 aromatic rings. The summed E-state index contributed by atoms with van der Waals surface area (Å²) in [5.74, 6) is 0. The largest absolute Gasteiger partial charge is 0.374 e. The molecule has 19 heavy (non-hydrogen) atoms. The number of hydrogen-bond acceptors (Lipinski definition) is 4. The van der Waals surface area contributed by atoms with Crippen molar-refractivity contribution in [2.24, 2.45) is 0 Å². The maximum atomic E-state index is 12.2. The lowest BCUT2D eigenvalue weighted by Crippen LogP contribution is -2.45. The summed E-state index contributed by atoms with van der Waals surface area (Å²) in [5.41, 5.74) is 0. The number of morpholine rings is 1. The first-order chi connectivity index (χ1) is 8.99. The Morgan fingerprint density at radius 2 is 2.21 bits per heavy atom. The van der Waals surface area contributed by atoms with Gasteiger partial charge in [0.25, 0.3) is 0 Å². The molecule has 0 bridgehead atoms. The summed E-state index contributed by atoms with van der Waals surface area (Å²) in [7, 11) is -3.55. The van der Waals surface area contributed by atoms with E-state index >= 15 is 0 Å². The molecule has 8 heteroatoms. The van der Waals surface area contributed by atoms with Crippen LogP contribution in [0.2, 0.25) is 0 Å². The molecule has 0 spiro atoms. The third kappa shape index (κ3) is 4.24. The van der Waals surface area contributed by atoms with Crippen molar-refractivity contribution in [1.29, 1.82) is 0 Å². The molecule has 2 rings (SSSR count). The highest BCUT2D eigenvalue weighted by Crippen LogP contribution is 2.25. The molecule has 1 fully saturated rings. The minimum atomic E-state index is -3.55. The second-order valence-corrected chi connectivity index (χ2v) is 7.63. The molecule has 1 aliphatic rings. The van der Waals surface area contributed by atoms with E-state index in [2.05, 4.69) is 41.9 Å². The van der Waals surface area contributed by atoms with E-state index in [9.17, 15) is 8.42 Å². The van der Waals surface area contributed by atoms with Gasteiger partial charge in [-0.25, -0.2) is 13.1 Å². The topological polar surface area (TPSA) is 67.4 Å². The van der Waals surface area contributed by atoms with Gasteiger partial charge in [-0.1, -0.05) is 15.9 Å².